The van der Waals surface area contributed by atoms with E-state index in [1.807, 2.05) is 18.2 Å². The van der Waals surface area contributed by atoms with Gasteiger partial charge >= 0.3 is 0 Å². The summed E-state index contributed by atoms with van der Waals surface area (Å²) in [6.45, 7) is 0. The van der Waals surface area contributed by atoms with Crippen LogP contribution in [-0.4, -0.2) is 10.5 Å². The fourth-order valence-electron chi connectivity index (χ4n) is 1.56. The quantitative estimate of drug-likeness (QED) is 0.827. The first-order chi connectivity index (χ1) is 8.63. The molecular weight excluding hydrogens is 244 g/mol. The van der Waals surface area contributed by atoms with E-state index in [-0.39, 0.29) is 0 Å². The number of nitrogens with zero attached hydrogens (tertiary/aromatic N) is 2. The molecule has 0 aliphatic heterocycles. The van der Waals surface area contributed by atoms with Gasteiger partial charge in [0.1, 0.15) is 6.07 Å². The highest BCUT2D eigenvalue weighted by Gasteiger charge is 2.07. The van der Waals surface area contributed by atoms with Crippen molar-refractivity contribution < 1.29 is 4.21 Å². The zero-order chi connectivity index (χ0) is 13.0. The maximum atomic E-state index is 12.5. The molecular formula is C14H12N2OS. The first kappa shape index (κ1) is 12.3. The first-order valence-electron chi connectivity index (χ1n) is 5.40. The predicted octanol–water partition coefficient (Wildman–Crippen LogP) is 3.35. The zero-order valence-corrected chi connectivity index (χ0v) is 10.7. The van der Waals surface area contributed by atoms with Gasteiger partial charge in [0.2, 0.25) is 0 Å². The Labute approximate surface area is 107 Å². The topological polar surface area (TPSA) is 53.2 Å². The molecule has 4 heteroatoms. The molecule has 0 radical (unpaired) electrons. The molecule has 2 aromatic carbocycles. The van der Waals surface area contributed by atoms with Crippen LogP contribution in [0.5, 0.6) is 0 Å². The van der Waals surface area contributed by atoms with E-state index < -0.39 is 9.73 Å². The summed E-state index contributed by atoms with van der Waals surface area (Å²) in [6, 6.07) is 18.0. The van der Waals surface area contributed by atoms with Crippen LogP contribution in [0.4, 0.5) is 5.69 Å². The van der Waals surface area contributed by atoms with Crippen LogP contribution in [0.25, 0.3) is 0 Å². The summed E-state index contributed by atoms with van der Waals surface area (Å²) in [4.78, 5) is 0.665. The van der Waals surface area contributed by atoms with Crippen molar-refractivity contribution in [1.82, 2.24) is 0 Å². The Bertz CT molecular complexity index is 708. The minimum absolute atomic E-state index is 0.433. The molecule has 0 amide bonds. The standard InChI is InChI=1S/C14H12N2OS/c1-18(17,13-8-3-2-4-9-13)16-14-10-6-5-7-12(14)11-15/h2-10H,1H3. The third-order valence-electron chi connectivity index (χ3n) is 2.48. The molecule has 0 saturated heterocycles. The van der Waals surface area contributed by atoms with Crippen molar-refractivity contribution in [2.24, 2.45) is 4.36 Å². The van der Waals surface area contributed by atoms with Gasteiger partial charge in [-0.05, 0) is 24.3 Å². The van der Waals surface area contributed by atoms with E-state index in [9.17, 15) is 4.21 Å². The normalized spacial score (nSPS) is 13.3. The Balaban J connectivity index is 2.58. The minimum Gasteiger partial charge on any atom is -0.245 e. The monoisotopic (exact) mass is 256 g/mol. The van der Waals surface area contributed by atoms with E-state index in [0.29, 0.717) is 16.1 Å². The maximum absolute atomic E-state index is 12.5. The number of rotatable bonds is 2. The van der Waals surface area contributed by atoms with Gasteiger partial charge in [0, 0.05) is 11.2 Å². The average Bonchev–Trinajstić information content (AvgIpc) is 2.40. The molecule has 0 spiro atoms. The maximum Gasteiger partial charge on any atom is 0.101 e. The lowest BCUT2D eigenvalue weighted by Crippen LogP contribution is -1.96. The van der Waals surface area contributed by atoms with Gasteiger partial charge in [-0.3, -0.25) is 0 Å². The van der Waals surface area contributed by atoms with Crippen LogP contribution in [0.15, 0.2) is 63.9 Å². The van der Waals surface area contributed by atoms with Gasteiger partial charge in [-0.25, -0.2) is 4.21 Å². The lowest BCUT2D eigenvalue weighted by atomic mass is 10.2. The van der Waals surface area contributed by atoms with Gasteiger partial charge in [0.05, 0.1) is 21.0 Å². The molecule has 2 aromatic rings. The Morgan fingerprint density at radius 2 is 1.67 bits per heavy atom. The molecule has 0 N–H and O–H groups in total. The average molecular weight is 256 g/mol. The van der Waals surface area contributed by atoms with Crippen molar-refractivity contribution >= 4 is 15.4 Å². The molecule has 1 unspecified atom stereocenters. The zero-order valence-electron chi connectivity index (χ0n) is 9.91. The number of hydrogen-bond donors (Lipinski definition) is 0. The Morgan fingerprint density at radius 1 is 1.06 bits per heavy atom. The summed E-state index contributed by atoms with van der Waals surface area (Å²) in [5.74, 6) is 0. The molecule has 2 rings (SSSR count). The van der Waals surface area contributed by atoms with Gasteiger partial charge < -0.3 is 0 Å². The molecule has 0 fully saturated rings. The van der Waals surface area contributed by atoms with Gasteiger partial charge in [0.25, 0.3) is 0 Å². The number of nitriles is 1. The first-order valence-corrected chi connectivity index (χ1v) is 7.32. The summed E-state index contributed by atoms with van der Waals surface area (Å²) >= 11 is 0. The van der Waals surface area contributed by atoms with Crippen molar-refractivity contribution in [3.05, 3.63) is 60.2 Å². The van der Waals surface area contributed by atoms with Crippen molar-refractivity contribution in [2.45, 2.75) is 4.90 Å². The fraction of sp³-hybridized carbons (Fsp3) is 0.0714. The lowest BCUT2D eigenvalue weighted by molar-refractivity contribution is 0.681. The van der Waals surface area contributed by atoms with Gasteiger partial charge in [-0.15, -0.1) is 0 Å². The summed E-state index contributed by atoms with van der Waals surface area (Å²) < 4.78 is 16.8. The van der Waals surface area contributed by atoms with E-state index in [2.05, 4.69) is 10.4 Å². The molecule has 3 nitrogen and oxygen atoms in total. The van der Waals surface area contributed by atoms with Crippen molar-refractivity contribution in [3.63, 3.8) is 0 Å². The third-order valence-corrected chi connectivity index (χ3v) is 4.17. The minimum atomic E-state index is -2.52. The van der Waals surface area contributed by atoms with Crippen LogP contribution in [-0.2, 0) is 9.73 Å². The molecule has 1 atom stereocenters. The molecule has 0 aliphatic rings. The van der Waals surface area contributed by atoms with Crippen LogP contribution in [0, 0.1) is 11.3 Å². The second-order valence-electron chi connectivity index (χ2n) is 3.84. The molecule has 0 aromatic heterocycles. The Morgan fingerprint density at radius 3 is 2.33 bits per heavy atom. The fourth-order valence-corrected chi connectivity index (χ4v) is 2.86. The van der Waals surface area contributed by atoms with E-state index in [1.165, 1.54) is 0 Å². The van der Waals surface area contributed by atoms with E-state index >= 15 is 0 Å². The highest BCUT2D eigenvalue weighted by atomic mass is 32.2. The van der Waals surface area contributed by atoms with Crippen molar-refractivity contribution in [1.29, 1.82) is 5.26 Å². The largest absolute Gasteiger partial charge is 0.245 e. The van der Waals surface area contributed by atoms with Crippen LogP contribution < -0.4 is 0 Å². The second kappa shape index (κ2) is 5.03. The smallest absolute Gasteiger partial charge is 0.101 e. The third kappa shape index (κ3) is 2.58. The Kier molecular flexibility index (Phi) is 3.45. The SMILES string of the molecule is CS(=O)(=Nc1ccccc1C#N)c1ccccc1. The van der Waals surface area contributed by atoms with E-state index in [4.69, 9.17) is 5.26 Å². The molecule has 18 heavy (non-hydrogen) atoms. The predicted molar refractivity (Wildman–Crippen MR) is 72.0 cm³/mol. The summed E-state index contributed by atoms with van der Waals surface area (Å²) in [5, 5.41) is 8.98. The second-order valence-corrected chi connectivity index (χ2v) is 6.09. The highest BCUT2D eigenvalue weighted by Crippen LogP contribution is 2.22. The highest BCUT2D eigenvalue weighted by molar-refractivity contribution is 7.93. The van der Waals surface area contributed by atoms with Crippen LogP contribution in [0.3, 0.4) is 0 Å². The summed E-state index contributed by atoms with van der Waals surface area (Å²) in [7, 11) is -2.52. The molecule has 0 aliphatic carbocycles. The molecule has 0 saturated carbocycles. The number of benzene rings is 2. The van der Waals surface area contributed by atoms with Crippen molar-refractivity contribution in [3.8, 4) is 6.07 Å². The Hall–Kier alpha value is -2.12. The summed E-state index contributed by atoms with van der Waals surface area (Å²) in [6.07, 6.45) is 1.58. The van der Waals surface area contributed by atoms with Crippen molar-refractivity contribution in [2.75, 3.05) is 6.26 Å². The summed E-state index contributed by atoms with van der Waals surface area (Å²) in [5.41, 5.74) is 0.902. The number of hydrogen-bond acceptors (Lipinski definition) is 3. The van der Waals surface area contributed by atoms with Crippen LogP contribution in [0.2, 0.25) is 0 Å². The lowest BCUT2D eigenvalue weighted by Gasteiger charge is -2.04. The van der Waals surface area contributed by atoms with E-state index in [0.717, 1.165) is 0 Å². The van der Waals surface area contributed by atoms with Gasteiger partial charge in [0.15, 0.2) is 0 Å². The molecule has 0 bridgehead atoms. The van der Waals surface area contributed by atoms with Gasteiger partial charge in [-0.2, -0.15) is 9.62 Å². The van der Waals surface area contributed by atoms with E-state index in [1.54, 1.807) is 42.7 Å². The molecule has 90 valence electrons. The van der Waals surface area contributed by atoms with Gasteiger partial charge in [-0.1, -0.05) is 30.3 Å². The van der Waals surface area contributed by atoms with Crippen LogP contribution in [0.1, 0.15) is 5.56 Å². The molecule has 0 heterocycles. The van der Waals surface area contributed by atoms with Crippen LogP contribution >= 0.6 is 0 Å².